The molecular formula is C15H16F3NOS. The van der Waals surface area contributed by atoms with E-state index in [0.29, 0.717) is 0 Å². The smallest absolute Gasteiger partial charge is 0.406 e. The molecule has 2 atom stereocenters. The van der Waals surface area contributed by atoms with Gasteiger partial charge in [0.05, 0.1) is 0 Å². The van der Waals surface area contributed by atoms with E-state index in [9.17, 15) is 13.2 Å². The van der Waals surface area contributed by atoms with Crippen molar-refractivity contribution in [1.82, 2.24) is 5.32 Å². The molecule has 0 fully saturated rings. The largest absolute Gasteiger partial charge is 0.573 e. The fourth-order valence-corrected chi connectivity index (χ4v) is 2.79. The molecule has 2 unspecified atom stereocenters. The highest BCUT2D eigenvalue weighted by Crippen LogP contribution is 2.26. The van der Waals surface area contributed by atoms with E-state index in [1.807, 2.05) is 18.4 Å². The fourth-order valence-electron chi connectivity index (χ4n) is 2.05. The number of hydrogen-bond donors (Lipinski definition) is 1. The minimum atomic E-state index is -4.65. The first-order valence-electron chi connectivity index (χ1n) is 6.50. The number of thiophene rings is 1. The molecule has 0 aliphatic carbocycles. The van der Waals surface area contributed by atoms with Crippen LogP contribution in [0.4, 0.5) is 13.2 Å². The van der Waals surface area contributed by atoms with E-state index in [-0.39, 0.29) is 17.8 Å². The van der Waals surface area contributed by atoms with Gasteiger partial charge in [0.25, 0.3) is 0 Å². The summed E-state index contributed by atoms with van der Waals surface area (Å²) in [4.78, 5) is 1.22. The molecule has 0 saturated heterocycles. The Morgan fingerprint density at radius 1 is 1.05 bits per heavy atom. The standard InChI is InChI=1S/C15H16F3NOS/c1-10(19-11(2)14-4-3-9-21-14)12-5-7-13(8-6-12)20-15(16,17)18/h3-11,19H,1-2H3. The number of nitrogens with one attached hydrogen (secondary N) is 1. The van der Waals surface area contributed by atoms with Crippen molar-refractivity contribution in [2.75, 3.05) is 0 Å². The van der Waals surface area contributed by atoms with Crippen molar-refractivity contribution in [2.45, 2.75) is 32.3 Å². The number of alkyl halides is 3. The summed E-state index contributed by atoms with van der Waals surface area (Å²) >= 11 is 1.67. The average molecular weight is 315 g/mol. The number of ether oxygens (including phenoxy) is 1. The fraction of sp³-hybridized carbons (Fsp3) is 0.333. The van der Waals surface area contributed by atoms with Crippen LogP contribution in [-0.4, -0.2) is 6.36 Å². The van der Waals surface area contributed by atoms with E-state index in [4.69, 9.17) is 0 Å². The summed E-state index contributed by atoms with van der Waals surface area (Å²) < 4.78 is 40.1. The van der Waals surface area contributed by atoms with Gasteiger partial charge in [-0.2, -0.15) is 0 Å². The minimum absolute atomic E-state index is 0.0297. The molecule has 0 radical (unpaired) electrons. The Morgan fingerprint density at radius 2 is 1.71 bits per heavy atom. The predicted octanol–water partition coefficient (Wildman–Crippen LogP) is 5.06. The van der Waals surface area contributed by atoms with Gasteiger partial charge in [-0.3, -0.25) is 0 Å². The van der Waals surface area contributed by atoms with E-state index in [1.54, 1.807) is 23.5 Å². The predicted molar refractivity (Wildman–Crippen MR) is 77.4 cm³/mol. The molecule has 6 heteroatoms. The molecule has 0 bridgehead atoms. The third kappa shape index (κ3) is 4.75. The molecule has 0 aliphatic rings. The van der Waals surface area contributed by atoms with Crippen molar-refractivity contribution >= 4 is 11.3 Å². The van der Waals surface area contributed by atoms with Crippen molar-refractivity contribution in [3.8, 4) is 5.75 Å². The van der Waals surface area contributed by atoms with E-state index < -0.39 is 6.36 Å². The summed E-state index contributed by atoms with van der Waals surface area (Å²) in [6, 6.07) is 10.2. The molecule has 1 aromatic carbocycles. The first-order chi connectivity index (χ1) is 9.85. The van der Waals surface area contributed by atoms with Gasteiger partial charge in [-0.25, -0.2) is 0 Å². The third-order valence-corrected chi connectivity index (χ3v) is 4.14. The molecule has 21 heavy (non-hydrogen) atoms. The van der Waals surface area contributed by atoms with Gasteiger partial charge in [-0.15, -0.1) is 24.5 Å². The van der Waals surface area contributed by atoms with Crippen molar-refractivity contribution in [1.29, 1.82) is 0 Å². The van der Waals surface area contributed by atoms with Gasteiger partial charge in [0.2, 0.25) is 0 Å². The highest BCUT2D eigenvalue weighted by Gasteiger charge is 2.31. The third-order valence-electron chi connectivity index (χ3n) is 3.08. The molecule has 2 rings (SSSR count). The molecule has 0 amide bonds. The number of rotatable bonds is 5. The average Bonchev–Trinajstić information content (AvgIpc) is 2.91. The Balaban J connectivity index is 1.98. The zero-order chi connectivity index (χ0) is 15.5. The topological polar surface area (TPSA) is 21.3 Å². The molecule has 2 aromatic rings. The minimum Gasteiger partial charge on any atom is -0.406 e. The lowest BCUT2D eigenvalue weighted by Gasteiger charge is -2.20. The van der Waals surface area contributed by atoms with E-state index in [1.165, 1.54) is 17.0 Å². The summed E-state index contributed by atoms with van der Waals surface area (Å²) in [5.41, 5.74) is 0.910. The van der Waals surface area contributed by atoms with Gasteiger partial charge in [-0.1, -0.05) is 18.2 Å². The normalized spacial score (nSPS) is 14.7. The summed E-state index contributed by atoms with van der Waals surface area (Å²) in [6.45, 7) is 4.03. The van der Waals surface area contributed by atoms with Gasteiger partial charge in [-0.05, 0) is 43.0 Å². The van der Waals surface area contributed by atoms with Crippen LogP contribution in [0.3, 0.4) is 0 Å². The second-order valence-corrected chi connectivity index (χ2v) is 5.72. The van der Waals surface area contributed by atoms with Crippen LogP contribution in [0.2, 0.25) is 0 Å². The molecule has 1 heterocycles. The zero-order valence-corrected chi connectivity index (χ0v) is 12.5. The first-order valence-corrected chi connectivity index (χ1v) is 7.38. The Hall–Kier alpha value is -1.53. The monoisotopic (exact) mass is 315 g/mol. The van der Waals surface area contributed by atoms with Crippen LogP contribution < -0.4 is 10.1 Å². The maximum absolute atomic E-state index is 12.1. The highest BCUT2D eigenvalue weighted by molar-refractivity contribution is 7.10. The highest BCUT2D eigenvalue weighted by atomic mass is 32.1. The van der Waals surface area contributed by atoms with Crippen LogP contribution in [-0.2, 0) is 0 Å². The Labute approximate surface area is 125 Å². The molecule has 2 nitrogen and oxygen atoms in total. The van der Waals surface area contributed by atoms with Gasteiger partial charge in [0.1, 0.15) is 5.75 Å². The van der Waals surface area contributed by atoms with E-state index in [0.717, 1.165) is 5.56 Å². The van der Waals surface area contributed by atoms with Crippen LogP contribution in [0.5, 0.6) is 5.75 Å². The molecule has 114 valence electrons. The summed E-state index contributed by atoms with van der Waals surface area (Å²) in [6.07, 6.45) is -4.65. The van der Waals surface area contributed by atoms with Crippen LogP contribution in [0, 0.1) is 0 Å². The molecule has 0 aliphatic heterocycles. The van der Waals surface area contributed by atoms with E-state index >= 15 is 0 Å². The van der Waals surface area contributed by atoms with Crippen LogP contribution >= 0.6 is 11.3 Å². The molecule has 1 N–H and O–H groups in total. The van der Waals surface area contributed by atoms with Gasteiger partial charge in [0.15, 0.2) is 0 Å². The maximum Gasteiger partial charge on any atom is 0.573 e. The molecule has 1 aromatic heterocycles. The Kier molecular flexibility index (Phi) is 4.90. The second-order valence-electron chi connectivity index (χ2n) is 4.74. The van der Waals surface area contributed by atoms with Crippen molar-refractivity contribution < 1.29 is 17.9 Å². The van der Waals surface area contributed by atoms with Crippen LogP contribution in [0.1, 0.15) is 36.4 Å². The molecular weight excluding hydrogens is 299 g/mol. The van der Waals surface area contributed by atoms with Gasteiger partial charge < -0.3 is 10.1 Å². The van der Waals surface area contributed by atoms with Crippen molar-refractivity contribution in [3.63, 3.8) is 0 Å². The summed E-state index contributed by atoms with van der Waals surface area (Å²) in [7, 11) is 0. The molecule has 0 spiro atoms. The number of halogens is 3. The number of hydrogen-bond acceptors (Lipinski definition) is 3. The lowest BCUT2D eigenvalue weighted by molar-refractivity contribution is -0.274. The maximum atomic E-state index is 12.1. The van der Waals surface area contributed by atoms with Crippen molar-refractivity contribution in [3.05, 3.63) is 52.2 Å². The van der Waals surface area contributed by atoms with E-state index in [2.05, 4.69) is 23.0 Å². The lowest BCUT2D eigenvalue weighted by atomic mass is 10.1. The lowest BCUT2D eigenvalue weighted by Crippen LogP contribution is -2.22. The second kappa shape index (κ2) is 6.49. The van der Waals surface area contributed by atoms with Crippen LogP contribution in [0.25, 0.3) is 0 Å². The van der Waals surface area contributed by atoms with Crippen LogP contribution in [0.15, 0.2) is 41.8 Å². The summed E-state index contributed by atoms with van der Waals surface area (Å²) in [5, 5.41) is 5.43. The SMILES string of the molecule is CC(NC(C)c1cccs1)c1ccc(OC(F)(F)F)cc1. The van der Waals surface area contributed by atoms with Gasteiger partial charge >= 0.3 is 6.36 Å². The summed E-state index contributed by atoms with van der Waals surface area (Å²) in [5.74, 6) is -0.204. The zero-order valence-electron chi connectivity index (χ0n) is 11.6. The van der Waals surface area contributed by atoms with Gasteiger partial charge in [0, 0.05) is 17.0 Å². The Bertz CT molecular complexity index is 551. The Morgan fingerprint density at radius 3 is 2.24 bits per heavy atom. The quantitative estimate of drug-likeness (QED) is 0.833. The molecule has 0 saturated carbocycles. The first kappa shape index (κ1) is 15.9. The number of benzene rings is 1. The van der Waals surface area contributed by atoms with Crippen molar-refractivity contribution in [2.24, 2.45) is 0 Å².